The van der Waals surface area contributed by atoms with Crippen LogP contribution in [0.15, 0.2) is 46.5 Å². The molecule has 0 amide bonds. The zero-order valence-electron chi connectivity index (χ0n) is 13.0. The Morgan fingerprint density at radius 3 is 2.57 bits per heavy atom. The summed E-state index contributed by atoms with van der Waals surface area (Å²) in [6.45, 7) is 3.77. The maximum atomic E-state index is 10.1. The number of para-hydroxylation sites is 1. The van der Waals surface area contributed by atoms with Gasteiger partial charge in [-0.3, -0.25) is 0 Å². The number of aromatic hydroxyl groups is 1. The summed E-state index contributed by atoms with van der Waals surface area (Å²) in [7, 11) is 1.61. The number of nitrogens with zero attached hydrogens (tertiary/aromatic N) is 4. The lowest BCUT2D eigenvalue weighted by molar-refractivity contribution is 0.397. The maximum Gasteiger partial charge on any atom is 0.219 e. The van der Waals surface area contributed by atoms with Crippen molar-refractivity contribution in [3.63, 3.8) is 0 Å². The minimum absolute atomic E-state index is 0.226. The van der Waals surface area contributed by atoms with Gasteiger partial charge in [-0.25, -0.2) is 0 Å². The van der Waals surface area contributed by atoms with Crippen molar-refractivity contribution in [2.75, 3.05) is 7.11 Å². The largest absolute Gasteiger partial charge is 0.508 e. The summed E-state index contributed by atoms with van der Waals surface area (Å²) in [4.78, 5) is 0.764. The molecule has 0 aliphatic heterocycles. The first kappa shape index (κ1) is 15.4. The van der Waals surface area contributed by atoms with E-state index < -0.39 is 0 Å². The Bertz CT molecular complexity index is 834. The highest BCUT2D eigenvalue weighted by Gasteiger charge is 2.17. The Morgan fingerprint density at radius 2 is 1.87 bits per heavy atom. The van der Waals surface area contributed by atoms with Crippen LogP contribution in [0, 0.1) is 13.8 Å². The normalized spacial score (nSPS) is 10.7. The maximum absolute atomic E-state index is 10.1. The van der Waals surface area contributed by atoms with E-state index in [4.69, 9.17) is 4.74 Å². The van der Waals surface area contributed by atoms with Crippen molar-refractivity contribution in [1.82, 2.24) is 20.2 Å². The van der Waals surface area contributed by atoms with Crippen LogP contribution in [-0.2, 0) is 0 Å². The lowest BCUT2D eigenvalue weighted by Crippen LogP contribution is -1.99. The van der Waals surface area contributed by atoms with Crippen LogP contribution in [0.4, 0.5) is 0 Å². The van der Waals surface area contributed by atoms with Crippen LogP contribution >= 0.6 is 11.8 Å². The van der Waals surface area contributed by atoms with Gasteiger partial charge in [0.15, 0.2) is 0 Å². The third kappa shape index (κ3) is 2.87. The van der Waals surface area contributed by atoms with Crippen LogP contribution in [0.1, 0.15) is 11.1 Å². The number of phenolic OH excluding ortho intramolecular Hbond substituents is 1. The number of aromatic nitrogens is 4. The molecule has 0 radical (unpaired) electrons. The fraction of sp³-hybridized carbons (Fsp3) is 0.188. The number of benzene rings is 2. The molecule has 3 rings (SSSR count). The van der Waals surface area contributed by atoms with E-state index in [1.165, 1.54) is 11.8 Å². The first-order valence-electron chi connectivity index (χ1n) is 7.00. The second kappa shape index (κ2) is 6.29. The van der Waals surface area contributed by atoms with Crippen LogP contribution in [0.25, 0.3) is 5.69 Å². The topological polar surface area (TPSA) is 73.1 Å². The van der Waals surface area contributed by atoms with E-state index in [2.05, 4.69) is 15.5 Å². The van der Waals surface area contributed by atoms with Gasteiger partial charge in [-0.15, -0.1) is 5.10 Å². The third-order valence-corrected chi connectivity index (χ3v) is 4.59. The van der Waals surface area contributed by atoms with E-state index in [0.717, 1.165) is 21.7 Å². The molecule has 0 spiro atoms. The van der Waals surface area contributed by atoms with Gasteiger partial charge in [0.2, 0.25) is 5.16 Å². The van der Waals surface area contributed by atoms with Gasteiger partial charge in [-0.1, -0.05) is 18.2 Å². The van der Waals surface area contributed by atoms with Gasteiger partial charge in [0, 0.05) is 0 Å². The zero-order chi connectivity index (χ0) is 16.4. The van der Waals surface area contributed by atoms with Crippen LogP contribution in [-0.4, -0.2) is 32.4 Å². The second-order valence-corrected chi connectivity index (χ2v) is 6.00. The molecule has 0 atom stereocenters. The summed E-state index contributed by atoms with van der Waals surface area (Å²) in [5, 5.41) is 22.5. The fourth-order valence-electron chi connectivity index (χ4n) is 2.25. The van der Waals surface area contributed by atoms with Gasteiger partial charge in [-0.05, 0) is 65.4 Å². The molecule has 1 aromatic heterocycles. The summed E-state index contributed by atoms with van der Waals surface area (Å²) >= 11 is 1.35. The van der Waals surface area contributed by atoms with Gasteiger partial charge >= 0.3 is 0 Å². The molecule has 0 aliphatic carbocycles. The van der Waals surface area contributed by atoms with E-state index in [-0.39, 0.29) is 5.75 Å². The molecular weight excluding hydrogens is 312 g/mol. The number of hydrogen-bond acceptors (Lipinski definition) is 6. The van der Waals surface area contributed by atoms with Gasteiger partial charge in [-0.2, -0.15) is 4.68 Å². The van der Waals surface area contributed by atoms with Crippen LogP contribution in [0.2, 0.25) is 0 Å². The van der Waals surface area contributed by atoms with E-state index in [1.54, 1.807) is 17.9 Å². The standard InChI is InChI=1S/C16H16N4O2S/c1-10-11(2)15(22-3)14(9-13(10)21)23-16-17-18-19-20(16)12-7-5-4-6-8-12/h4-9,21H,1-3H3. The number of ether oxygens (including phenoxy) is 1. The number of rotatable bonds is 4. The quantitative estimate of drug-likeness (QED) is 0.793. The molecule has 1 heterocycles. The van der Waals surface area contributed by atoms with Crippen LogP contribution in [0.3, 0.4) is 0 Å². The van der Waals surface area contributed by atoms with Crippen molar-refractivity contribution in [2.45, 2.75) is 23.9 Å². The molecule has 23 heavy (non-hydrogen) atoms. The van der Waals surface area contributed by atoms with E-state index in [1.807, 2.05) is 44.2 Å². The Balaban J connectivity index is 2.03. The Hall–Kier alpha value is -2.54. The van der Waals surface area contributed by atoms with E-state index >= 15 is 0 Å². The lowest BCUT2D eigenvalue weighted by Gasteiger charge is -2.14. The molecule has 6 nitrogen and oxygen atoms in total. The molecule has 0 saturated heterocycles. The molecule has 0 saturated carbocycles. The monoisotopic (exact) mass is 328 g/mol. The highest BCUT2D eigenvalue weighted by molar-refractivity contribution is 7.99. The smallest absolute Gasteiger partial charge is 0.219 e. The summed E-state index contributed by atoms with van der Waals surface area (Å²) in [5.74, 6) is 0.942. The Morgan fingerprint density at radius 1 is 1.13 bits per heavy atom. The van der Waals surface area contributed by atoms with Crippen molar-refractivity contribution >= 4 is 11.8 Å². The van der Waals surface area contributed by atoms with Gasteiger partial charge < -0.3 is 9.84 Å². The predicted octanol–water partition coefficient (Wildman–Crippen LogP) is 3.14. The minimum atomic E-state index is 0.226. The number of phenols is 1. The average molecular weight is 328 g/mol. The SMILES string of the molecule is COc1c(Sc2nnnn2-c2ccccc2)cc(O)c(C)c1C. The van der Waals surface area contributed by atoms with Gasteiger partial charge in [0.1, 0.15) is 11.5 Å². The number of tetrazole rings is 1. The Labute approximate surface area is 138 Å². The number of methoxy groups -OCH3 is 1. The molecule has 0 unspecified atom stereocenters. The molecule has 2 aromatic carbocycles. The van der Waals surface area contributed by atoms with Gasteiger partial charge in [0.25, 0.3) is 0 Å². The van der Waals surface area contributed by atoms with Crippen molar-refractivity contribution in [2.24, 2.45) is 0 Å². The van der Waals surface area contributed by atoms with E-state index in [9.17, 15) is 5.11 Å². The van der Waals surface area contributed by atoms with Crippen LogP contribution in [0.5, 0.6) is 11.5 Å². The van der Waals surface area contributed by atoms with Gasteiger partial charge in [0.05, 0.1) is 17.7 Å². The highest BCUT2D eigenvalue weighted by Crippen LogP contribution is 2.41. The molecule has 118 valence electrons. The molecular formula is C16H16N4O2S. The van der Waals surface area contributed by atoms with E-state index in [0.29, 0.717) is 10.9 Å². The van der Waals surface area contributed by atoms with Crippen molar-refractivity contribution in [3.8, 4) is 17.2 Å². The van der Waals surface area contributed by atoms with Crippen molar-refractivity contribution in [1.29, 1.82) is 0 Å². The molecule has 1 N–H and O–H groups in total. The van der Waals surface area contributed by atoms with Crippen molar-refractivity contribution in [3.05, 3.63) is 47.5 Å². The minimum Gasteiger partial charge on any atom is -0.508 e. The van der Waals surface area contributed by atoms with Crippen LogP contribution < -0.4 is 4.74 Å². The summed E-state index contributed by atoms with van der Waals surface area (Å²) in [5.41, 5.74) is 2.56. The summed E-state index contributed by atoms with van der Waals surface area (Å²) in [6, 6.07) is 11.3. The highest BCUT2D eigenvalue weighted by atomic mass is 32.2. The molecule has 7 heteroatoms. The molecule has 0 bridgehead atoms. The molecule has 0 fully saturated rings. The summed E-state index contributed by atoms with van der Waals surface area (Å²) in [6.07, 6.45) is 0. The zero-order valence-corrected chi connectivity index (χ0v) is 13.8. The average Bonchev–Trinajstić information content (AvgIpc) is 3.02. The first-order chi connectivity index (χ1) is 11.1. The number of hydrogen-bond donors (Lipinski definition) is 1. The summed E-state index contributed by atoms with van der Waals surface area (Å²) < 4.78 is 7.15. The fourth-order valence-corrected chi connectivity index (χ4v) is 3.25. The van der Waals surface area contributed by atoms with Crippen molar-refractivity contribution < 1.29 is 9.84 Å². The predicted molar refractivity (Wildman–Crippen MR) is 87.4 cm³/mol. The third-order valence-electron chi connectivity index (χ3n) is 3.63. The first-order valence-corrected chi connectivity index (χ1v) is 7.82. The second-order valence-electron chi connectivity index (χ2n) is 4.99. The molecule has 0 aliphatic rings. The molecule has 3 aromatic rings. The Kier molecular flexibility index (Phi) is 4.20. The lowest BCUT2D eigenvalue weighted by atomic mass is 10.1.